The Kier molecular flexibility index (Phi) is 2.07. The van der Waals surface area contributed by atoms with Crippen molar-refractivity contribution in [2.75, 3.05) is 0 Å². The summed E-state index contributed by atoms with van der Waals surface area (Å²) >= 11 is 0. The van der Waals surface area contributed by atoms with Crippen LogP contribution >= 0.6 is 0 Å². The Labute approximate surface area is 92.9 Å². The first-order valence-electron chi connectivity index (χ1n) is 5.35. The monoisotopic (exact) mass is 217 g/mol. The van der Waals surface area contributed by atoms with Gasteiger partial charge in [-0.15, -0.1) is 0 Å². The highest BCUT2D eigenvalue weighted by Gasteiger charge is 2.37. The van der Waals surface area contributed by atoms with Gasteiger partial charge in [0.1, 0.15) is 17.3 Å². The van der Waals surface area contributed by atoms with E-state index in [1.807, 2.05) is 18.2 Å². The number of benzene rings is 1. The fraction of sp³-hybridized carbons (Fsp3) is 0.231. The second-order valence-corrected chi connectivity index (χ2v) is 4.22. The molecular weight excluding hydrogens is 205 g/mol. The number of nitrogens with two attached hydrogens (primary N) is 1. The molecule has 0 spiro atoms. The first-order valence-corrected chi connectivity index (χ1v) is 5.35. The molecule has 2 aromatic rings. The quantitative estimate of drug-likeness (QED) is 0.840. The van der Waals surface area contributed by atoms with Crippen molar-refractivity contribution in [3.05, 3.63) is 48.0 Å². The molecule has 0 radical (unpaired) electrons. The second-order valence-electron chi connectivity index (χ2n) is 4.22. The maximum absolute atomic E-state index is 13.0. The van der Waals surface area contributed by atoms with Crippen LogP contribution in [0, 0.1) is 5.82 Å². The fourth-order valence-electron chi connectivity index (χ4n) is 1.89. The molecular formula is C13H12FNO. The van der Waals surface area contributed by atoms with Crippen LogP contribution in [0.5, 0.6) is 0 Å². The van der Waals surface area contributed by atoms with E-state index in [0.717, 1.165) is 17.7 Å². The summed E-state index contributed by atoms with van der Waals surface area (Å²) in [6.07, 6.45) is 0.982. The van der Waals surface area contributed by atoms with Crippen molar-refractivity contribution >= 4 is 0 Å². The van der Waals surface area contributed by atoms with Gasteiger partial charge in [0.2, 0.25) is 0 Å². The molecule has 0 amide bonds. The molecule has 2 atom stereocenters. The molecule has 1 aromatic heterocycles. The van der Waals surface area contributed by atoms with E-state index in [2.05, 4.69) is 0 Å². The van der Waals surface area contributed by atoms with Gasteiger partial charge >= 0.3 is 0 Å². The Balaban J connectivity index is 1.92. The Bertz CT molecular complexity index is 520. The van der Waals surface area contributed by atoms with Gasteiger partial charge in [0, 0.05) is 17.5 Å². The highest BCUT2D eigenvalue weighted by molar-refractivity contribution is 5.57. The zero-order chi connectivity index (χ0) is 11.1. The van der Waals surface area contributed by atoms with Crippen LogP contribution < -0.4 is 5.73 Å². The number of halogens is 1. The van der Waals surface area contributed by atoms with E-state index >= 15 is 0 Å². The summed E-state index contributed by atoms with van der Waals surface area (Å²) in [6, 6.07) is 10.4. The van der Waals surface area contributed by atoms with Crippen LogP contribution in [0.25, 0.3) is 11.3 Å². The molecule has 1 aliphatic carbocycles. The van der Waals surface area contributed by atoms with Crippen molar-refractivity contribution in [2.45, 2.75) is 18.4 Å². The van der Waals surface area contributed by atoms with E-state index in [1.54, 1.807) is 6.07 Å². The molecule has 2 N–H and O–H groups in total. The van der Waals surface area contributed by atoms with E-state index < -0.39 is 0 Å². The molecule has 16 heavy (non-hydrogen) atoms. The fourth-order valence-corrected chi connectivity index (χ4v) is 1.89. The van der Waals surface area contributed by atoms with Crippen molar-refractivity contribution in [2.24, 2.45) is 5.73 Å². The Morgan fingerprint density at radius 1 is 1.25 bits per heavy atom. The van der Waals surface area contributed by atoms with Crippen LogP contribution in [0.15, 0.2) is 40.8 Å². The molecule has 1 aromatic carbocycles. The largest absolute Gasteiger partial charge is 0.461 e. The Hall–Kier alpha value is -1.61. The minimum atomic E-state index is -0.251. The van der Waals surface area contributed by atoms with Crippen LogP contribution in [0.2, 0.25) is 0 Å². The molecule has 3 rings (SSSR count). The third-order valence-electron chi connectivity index (χ3n) is 2.94. The molecule has 2 nitrogen and oxygen atoms in total. The van der Waals surface area contributed by atoms with Crippen molar-refractivity contribution in [3.8, 4) is 11.3 Å². The molecule has 1 saturated carbocycles. The minimum Gasteiger partial charge on any atom is -0.461 e. The summed E-state index contributed by atoms with van der Waals surface area (Å²) in [5.74, 6) is 1.71. The SMILES string of the molecule is N[C@@H]1C[C@@H]1c1ccc(-c2cccc(F)c2)o1. The topological polar surface area (TPSA) is 39.2 Å². The summed E-state index contributed by atoms with van der Waals surface area (Å²) in [5, 5.41) is 0. The van der Waals surface area contributed by atoms with Crippen LogP contribution in [0.1, 0.15) is 18.1 Å². The maximum atomic E-state index is 13.0. The van der Waals surface area contributed by atoms with Gasteiger partial charge in [-0.25, -0.2) is 4.39 Å². The van der Waals surface area contributed by atoms with Crippen molar-refractivity contribution in [1.82, 2.24) is 0 Å². The van der Waals surface area contributed by atoms with Gasteiger partial charge < -0.3 is 10.2 Å². The van der Waals surface area contributed by atoms with Crippen LogP contribution in [-0.2, 0) is 0 Å². The highest BCUT2D eigenvalue weighted by Crippen LogP contribution is 2.41. The maximum Gasteiger partial charge on any atom is 0.134 e. The third-order valence-corrected chi connectivity index (χ3v) is 2.94. The van der Waals surface area contributed by atoms with Crippen LogP contribution in [0.3, 0.4) is 0 Å². The third kappa shape index (κ3) is 1.63. The smallest absolute Gasteiger partial charge is 0.134 e. The average Bonchev–Trinajstić information content (AvgIpc) is 2.81. The van der Waals surface area contributed by atoms with Crippen LogP contribution in [0.4, 0.5) is 4.39 Å². The summed E-state index contributed by atoms with van der Waals surface area (Å²) in [5.41, 5.74) is 6.51. The molecule has 0 bridgehead atoms. The van der Waals surface area contributed by atoms with Gasteiger partial charge in [-0.1, -0.05) is 12.1 Å². The molecule has 3 heteroatoms. The molecule has 0 unspecified atom stereocenters. The summed E-state index contributed by atoms with van der Waals surface area (Å²) in [4.78, 5) is 0. The van der Waals surface area contributed by atoms with Crippen molar-refractivity contribution in [1.29, 1.82) is 0 Å². The number of hydrogen-bond acceptors (Lipinski definition) is 2. The van der Waals surface area contributed by atoms with E-state index in [4.69, 9.17) is 10.2 Å². The van der Waals surface area contributed by atoms with Crippen molar-refractivity contribution in [3.63, 3.8) is 0 Å². The first kappa shape index (κ1) is 9.60. The lowest BCUT2D eigenvalue weighted by Crippen LogP contribution is -2.00. The average molecular weight is 217 g/mol. The first-order chi connectivity index (χ1) is 7.74. The second kappa shape index (κ2) is 3.46. The molecule has 0 saturated heterocycles. The van der Waals surface area contributed by atoms with Crippen LogP contribution in [-0.4, -0.2) is 6.04 Å². The zero-order valence-corrected chi connectivity index (χ0v) is 8.69. The van der Waals surface area contributed by atoms with Gasteiger partial charge in [-0.05, 0) is 30.7 Å². The zero-order valence-electron chi connectivity index (χ0n) is 8.69. The molecule has 1 heterocycles. The summed E-state index contributed by atoms with van der Waals surface area (Å²) < 4.78 is 18.7. The van der Waals surface area contributed by atoms with E-state index in [1.165, 1.54) is 12.1 Å². The van der Waals surface area contributed by atoms with E-state index in [0.29, 0.717) is 11.7 Å². The predicted octanol–water partition coefficient (Wildman–Crippen LogP) is 2.90. The van der Waals surface area contributed by atoms with E-state index in [-0.39, 0.29) is 11.9 Å². The van der Waals surface area contributed by atoms with E-state index in [9.17, 15) is 4.39 Å². The molecule has 1 fully saturated rings. The number of rotatable bonds is 2. The number of hydrogen-bond donors (Lipinski definition) is 1. The lowest BCUT2D eigenvalue weighted by Gasteiger charge is -1.97. The standard InChI is InChI=1S/C13H12FNO/c14-9-3-1-2-8(6-9)12-4-5-13(16-12)10-7-11(10)15/h1-6,10-11H,7,15H2/t10-,11+/m0/s1. The predicted molar refractivity (Wildman–Crippen MR) is 59.4 cm³/mol. The number of furan rings is 1. The highest BCUT2D eigenvalue weighted by atomic mass is 19.1. The summed E-state index contributed by atoms with van der Waals surface area (Å²) in [7, 11) is 0. The molecule has 82 valence electrons. The lowest BCUT2D eigenvalue weighted by atomic mass is 10.2. The minimum absolute atomic E-state index is 0.228. The van der Waals surface area contributed by atoms with Gasteiger partial charge in [0.15, 0.2) is 0 Å². The van der Waals surface area contributed by atoms with Crippen molar-refractivity contribution < 1.29 is 8.81 Å². The van der Waals surface area contributed by atoms with Gasteiger partial charge in [-0.3, -0.25) is 0 Å². The lowest BCUT2D eigenvalue weighted by molar-refractivity contribution is 0.521. The summed E-state index contributed by atoms with van der Waals surface area (Å²) in [6.45, 7) is 0. The van der Waals surface area contributed by atoms with Gasteiger partial charge in [0.05, 0.1) is 0 Å². The Morgan fingerprint density at radius 2 is 2.06 bits per heavy atom. The van der Waals surface area contributed by atoms with Gasteiger partial charge in [0.25, 0.3) is 0 Å². The normalized spacial score (nSPS) is 23.4. The molecule has 0 aliphatic heterocycles. The van der Waals surface area contributed by atoms with Gasteiger partial charge in [-0.2, -0.15) is 0 Å². The Morgan fingerprint density at radius 3 is 2.75 bits per heavy atom. The molecule has 1 aliphatic rings.